The van der Waals surface area contributed by atoms with Crippen molar-refractivity contribution in [1.82, 2.24) is 4.31 Å². The van der Waals surface area contributed by atoms with Gasteiger partial charge in [-0.05, 0) is 60.5 Å². The number of nitrogens with zero attached hydrogens (tertiary/aromatic N) is 1. The van der Waals surface area contributed by atoms with Gasteiger partial charge in [-0.25, -0.2) is 13.2 Å². The number of unbranched alkanes of at least 4 members (excludes halogenated alkanes) is 1. The predicted octanol–water partition coefficient (Wildman–Crippen LogP) is 5.78. The van der Waals surface area contributed by atoms with Crippen LogP contribution in [0.2, 0.25) is 10.0 Å². The number of carbonyl (C=O) groups excluding carboxylic acids is 2. The summed E-state index contributed by atoms with van der Waals surface area (Å²) in [5.74, 6) is -1.00. The van der Waals surface area contributed by atoms with Crippen LogP contribution in [-0.2, 0) is 26.1 Å². The van der Waals surface area contributed by atoms with Crippen molar-refractivity contribution in [3.8, 4) is 0 Å². The Morgan fingerprint density at radius 3 is 2.31 bits per heavy atom. The maximum atomic E-state index is 13.4. The highest BCUT2D eigenvalue weighted by Gasteiger charge is 2.27. The molecule has 0 unspecified atom stereocenters. The van der Waals surface area contributed by atoms with E-state index in [0.29, 0.717) is 28.4 Å². The number of sulfonamides is 1. The van der Waals surface area contributed by atoms with Gasteiger partial charge in [0.1, 0.15) is 0 Å². The third kappa shape index (κ3) is 7.54. The monoisotopic (exact) mass is 548 g/mol. The summed E-state index contributed by atoms with van der Waals surface area (Å²) in [6.45, 7) is 1.75. The summed E-state index contributed by atoms with van der Waals surface area (Å²) in [4.78, 5) is 25.0. The van der Waals surface area contributed by atoms with Gasteiger partial charge in [-0.1, -0.05) is 60.8 Å². The number of halogens is 2. The Morgan fingerprint density at radius 1 is 0.972 bits per heavy atom. The van der Waals surface area contributed by atoms with E-state index >= 15 is 0 Å². The number of hydrogen-bond acceptors (Lipinski definition) is 5. The molecule has 10 heteroatoms. The van der Waals surface area contributed by atoms with Gasteiger partial charge in [-0.15, -0.1) is 0 Å². The number of ether oxygens (including phenoxy) is 1. The normalized spacial score (nSPS) is 11.3. The van der Waals surface area contributed by atoms with Gasteiger partial charge in [0.2, 0.25) is 15.9 Å². The maximum absolute atomic E-state index is 13.4. The first kappa shape index (κ1) is 27.7. The number of benzene rings is 3. The van der Waals surface area contributed by atoms with Gasteiger partial charge in [-0.2, -0.15) is 4.31 Å². The van der Waals surface area contributed by atoms with E-state index in [4.69, 9.17) is 27.9 Å². The lowest BCUT2D eigenvalue weighted by atomic mass is 10.2. The lowest BCUT2D eigenvalue weighted by Crippen LogP contribution is -2.37. The Bertz CT molecular complexity index is 1300. The van der Waals surface area contributed by atoms with Crippen LogP contribution in [0.3, 0.4) is 0 Å². The van der Waals surface area contributed by atoms with Crippen LogP contribution in [0, 0.1) is 0 Å². The minimum absolute atomic E-state index is 0.0498. The zero-order valence-corrected chi connectivity index (χ0v) is 21.9. The van der Waals surface area contributed by atoms with Crippen LogP contribution in [0.4, 0.5) is 5.69 Å². The summed E-state index contributed by atoms with van der Waals surface area (Å²) >= 11 is 12.2. The highest BCUT2D eigenvalue weighted by Crippen LogP contribution is 2.25. The lowest BCUT2D eigenvalue weighted by molar-refractivity contribution is -0.116. The fourth-order valence-electron chi connectivity index (χ4n) is 3.25. The van der Waals surface area contributed by atoms with Crippen LogP contribution in [0.25, 0.3) is 0 Å². The van der Waals surface area contributed by atoms with Crippen molar-refractivity contribution in [3.05, 3.63) is 94.0 Å². The van der Waals surface area contributed by atoms with E-state index in [0.717, 1.165) is 17.1 Å². The molecule has 0 radical (unpaired) electrons. The Balaban J connectivity index is 1.76. The van der Waals surface area contributed by atoms with Gasteiger partial charge in [0.05, 0.1) is 23.6 Å². The first-order chi connectivity index (χ1) is 17.2. The molecule has 0 aliphatic heterocycles. The Hall–Kier alpha value is -2.91. The number of carbonyl (C=O) groups is 2. The summed E-state index contributed by atoms with van der Waals surface area (Å²) in [5.41, 5.74) is 1.26. The van der Waals surface area contributed by atoms with Crippen molar-refractivity contribution in [2.45, 2.75) is 31.2 Å². The molecule has 0 atom stereocenters. The van der Waals surface area contributed by atoms with Gasteiger partial charge in [-0.3, -0.25) is 4.79 Å². The molecule has 0 saturated heterocycles. The third-order valence-electron chi connectivity index (χ3n) is 5.20. The maximum Gasteiger partial charge on any atom is 0.338 e. The Labute approximate surface area is 221 Å². The summed E-state index contributed by atoms with van der Waals surface area (Å²) in [6.07, 6.45) is 1.70. The molecule has 0 aromatic heterocycles. The van der Waals surface area contributed by atoms with Crippen LogP contribution < -0.4 is 5.32 Å². The quantitative estimate of drug-likeness (QED) is 0.242. The summed E-state index contributed by atoms with van der Waals surface area (Å²) in [6, 6.07) is 18.8. The number of amides is 1. The molecular formula is C26H26Cl2N2O5S. The zero-order valence-electron chi connectivity index (χ0n) is 19.6. The van der Waals surface area contributed by atoms with E-state index in [9.17, 15) is 18.0 Å². The number of anilines is 1. The Morgan fingerprint density at radius 2 is 1.67 bits per heavy atom. The second kappa shape index (κ2) is 12.9. The molecule has 0 heterocycles. The molecule has 0 bridgehead atoms. The van der Waals surface area contributed by atoms with Gasteiger partial charge in [0.15, 0.2) is 0 Å². The molecule has 0 fully saturated rings. The first-order valence-corrected chi connectivity index (χ1v) is 13.5. The van der Waals surface area contributed by atoms with Crippen LogP contribution in [0.1, 0.15) is 35.7 Å². The Kier molecular flexibility index (Phi) is 9.89. The highest BCUT2D eigenvalue weighted by atomic mass is 35.5. The number of hydrogen-bond donors (Lipinski definition) is 1. The van der Waals surface area contributed by atoms with Crippen LogP contribution >= 0.6 is 23.2 Å². The van der Waals surface area contributed by atoms with Crippen LogP contribution in [0.15, 0.2) is 77.7 Å². The first-order valence-electron chi connectivity index (χ1n) is 11.3. The standard InChI is InChI=1S/C26H26Cl2N2O5S/c1-2-3-15-35-26(32)19-10-13-22(14-11-19)29-25(31)18-30(17-20-9-12-21(27)16-24(20)28)36(33,34)23-7-5-4-6-8-23/h4-14,16H,2-3,15,17-18H2,1H3,(H,29,31). The molecule has 190 valence electrons. The minimum Gasteiger partial charge on any atom is -0.462 e. The molecule has 7 nitrogen and oxygen atoms in total. The largest absolute Gasteiger partial charge is 0.462 e. The summed E-state index contributed by atoms with van der Waals surface area (Å²) in [5, 5.41) is 3.38. The molecule has 0 saturated carbocycles. The molecule has 1 N–H and O–H groups in total. The summed E-state index contributed by atoms with van der Waals surface area (Å²) in [7, 11) is -4.02. The summed E-state index contributed by atoms with van der Waals surface area (Å²) < 4.78 is 32.9. The van der Waals surface area contributed by atoms with Crippen molar-refractivity contribution in [3.63, 3.8) is 0 Å². The third-order valence-corrected chi connectivity index (χ3v) is 7.59. The van der Waals surface area contributed by atoms with Crippen molar-refractivity contribution in [2.24, 2.45) is 0 Å². The zero-order chi connectivity index (χ0) is 26.1. The molecule has 36 heavy (non-hydrogen) atoms. The molecule has 3 aromatic rings. The van der Waals surface area contributed by atoms with Crippen molar-refractivity contribution >= 4 is 50.8 Å². The predicted molar refractivity (Wildman–Crippen MR) is 141 cm³/mol. The highest BCUT2D eigenvalue weighted by molar-refractivity contribution is 7.89. The van der Waals surface area contributed by atoms with E-state index in [-0.39, 0.29) is 16.5 Å². The topological polar surface area (TPSA) is 92.8 Å². The fourth-order valence-corrected chi connectivity index (χ4v) is 5.11. The van der Waals surface area contributed by atoms with Gasteiger partial charge >= 0.3 is 5.97 Å². The molecule has 0 spiro atoms. The molecule has 0 aliphatic rings. The average Bonchev–Trinajstić information content (AvgIpc) is 2.86. The SMILES string of the molecule is CCCCOC(=O)c1ccc(NC(=O)CN(Cc2ccc(Cl)cc2Cl)S(=O)(=O)c2ccccc2)cc1. The van der Waals surface area contributed by atoms with E-state index < -0.39 is 28.4 Å². The van der Waals surface area contributed by atoms with Crippen molar-refractivity contribution < 1.29 is 22.7 Å². The number of rotatable bonds is 11. The van der Waals surface area contributed by atoms with E-state index in [1.807, 2.05) is 6.92 Å². The molecule has 0 aliphatic carbocycles. The van der Waals surface area contributed by atoms with Gasteiger partial charge < -0.3 is 10.1 Å². The molecule has 3 rings (SSSR count). The number of esters is 1. The van der Waals surface area contributed by atoms with Crippen LogP contribution in [-0.4, -0.2) is 37.8 Å². The molecular weight excluding hydrogens is 523 g/mol. The van der Waals surface area contributed by atoms with E-state index in [1.165, 1.54) is 30.3 Å². The second-order valence-electron chi connectivity index (χ2n) is 7.94. The van der Waals surface area contributed by atoms with Crippen LogP contribution in [0.5, 0.6) is 0 Å². The van der Waals surface area contributed by atoms with Gasteiger partial charge in [0, 0.05) is 22.3 Å². The molecule has 1 amide bonds. The van der Waals surface area contributed by atoms with Crippen molar-refractivity contribution in [1.29, 1.82) is 0 Å². The van der Waals surface area contributed by atoms with E-state index in [2.05, 4.69) is 5.32 Å². The number of nitrogens with one attached hydrogen (secondary N) is 1. The molecule has 3 aromatic carbocycles. The fraction of sp³-hybridized carbons (Fsp3) is 0.231. The van der Waals surface area contributed by atoms with Crippen molar-refractivity contribution in [2.75, 3.05) is 18.5 Å². The van der Waals surface area contributed by atoms with E-state index in [1.54, 1.807) is 42.5 Å². The van der Waals surface area contributed by atoms with Gasteiger partial charge in [0.25, 0.3) is 0 Å². The second-order valence-corrected chi connectivity index (χ2v) is 10.7. The minimum atomic E-state index is -4.02. The smallest absolute Gasteiger partial charge is 0.338 e. The lowest BCUT2D eigenvalue weighted by Gasteiger charge is -2.22. The average molecular weight is 549 g/mol.